The average Bonchev–Trinajstić information content (AvgIpc) is 1.78. The molecule has 2 aliphatic carbocycles. The third-order valence-electron chi connectivity index (χ3n) is 3.34. The highest BCUT2D eigenvalue weighted by atomic mass is 16.4. The molecule has 0 saturated heterocycles. The maximum atomic E-state index is 10.9. The van der Waals surface area contributed by atoms with Gasteiger partial charge in [0.15, 0.2) is 0 Å². The van der Waals surface area contributed by atoms with E-state index in [9.17, 15) is 9.59 Å². The van der Waals surface area contributed by atoms with Gasteiger partial charge in [0.05, 0.1) is 5.41 Å². The molecule has 0 atom stereocenters. The smallest absolute Gasteiger partial charge is 0.310 e. The van der Waals surface area contributed by atoms with E-state index in [4.69, 9.17) is 5.11 Å². The van der Waals surface area contributed by atoms with Crippen LogP contribution >= 0.6 is 0 Å². The van der Waals surface area contributed by atoms with Gasteiger partial charge in [0.2, 0.25) is 0 Å². The van der Waals surface area contributed by atoms with Crippen LogP contribution in [0.1, 0.15) is 32.1 Å². The molecule has 66 valence electrons. The zero-order chi connectivity index (χ0) is 8.77. The number of hydrogen-bond acceptors (Lipinski definition) is 2. The molecule has 2 rings (SSSR count). The van der Waals surface area contributed by atoms with Crippen molar-refractivity contribution >= 4 is 11.8 Å². The maximum absolute atomic E-state index is 10.9. The highest BCUT2D eigenvalue weighted by molar-refractivity contribution is 5.97. The van der Waals surface area contributed by atoms with E-state index in [1.54, 1.807) is 0 Å². The van der Waals surface area contributed by atoms with Gasteiger partial charge in [-0.25, -0.2) is 0 Å². The fraction of sp³-hybridized carbons (Fsp3) is 0.778. The molecule has 2 saturated carbocycles. The van der Waals surface area contributed by atoms with Gasteiger partial charge in [-0.3, -0.25) is 9.59 Å². The quantitative estimate of drug-likeness (QED) is 0.674. The predicted octanol–water partition coefficient (Wildman–Crippen LogP) is 1.22. The second-order valence-corrected chi connectivity index (χ2v) is 3.98. The molecule has 0 aliphatic heterocycles. The number of carbonyl (C=O) groups is 2. The molecule has 0 aromatic carbocycles. The Morgan fingerprint density at radius 2 is 2.00 bits per heavy atom. The summed E-state index contributed by atoms with van der Waals surface area (Å²) in [5.74, 6) is -0.358. The van der Waals surface area contributed by atoms with Crippen molar-refractivity contribution in [3.63, 3.8) is 0 Å². The van der Waals surface area contributed by atoms with Crippen LogP contribution in [0.5, 0.6) is 0 Å². The van der Waals surface area contributed by atoms with Gasteiger partial charge in [-0.1, -0.05) is 6.42 Å². The lowest BCUT2D eigenvalue weighted by atomic mass is 9.55. The van der Waals surface area contributed by atoms with Crippen LogP contribution in [0.4, 0.5) is 0 Å². The van der Waals surface area contributed by atoms with Crippen molar-refractivity contribution in [1.29, 1.82) is 0 Å². The van der Waals surface area contributed by atoms with Gasteiger partial charge in [-0.15, -0.1) is 0 Å². The summed E-state index contributed by atoms with van der Waals surface area (Å²) in [5, 5.41) is 8.98. The molecule has 0 amide bonds. The monoisotopic (exact) mass is 168 g/mol. The molecule has 0 radical (unpaired) electrons. The molecule has 0 aromatic heterocycles. The van der Waals surface area contributed by atoms with Gasteiger partial charge in [0.1, 0.15) is 5.78 Å². The molecular weight excluding hydrogens is 156 g/mol. The number of aliphatic carboxylic acids is 1. The molecule has 2 fully saturated rings. The number of carboxylic acid groups (broad SMARTS) is 1. The van der Waals surface area contributed by atoms with Crippen molar-refractivity contribution in [2.45, 2.75) is 32.1 Å². The van der Waals surface area contributed by atoms with E-state index < -0.39 is 11.4 Å². The topological polar surface area (TPSA) is 54.4 Å². The molecule has 3 nitrogen and oxygen atoms in total. The number of rotatable bonds is 2. The SMILES string of the molecule is O=C1CC(C(=O)O)(C2CCC2)C1. The van der Waals surface area contributed by atoms with Crippen LogP contribution in [0.2, 0.25) is 0 Å². The number of ketones is 1. The largest absolute Gasteiger partial charge is 0.481 e. The molecule has 1 N–H and O–H groups in total. The molecule has 3 heteroatoms. The van der Waals surface area contributed by atoms with E-state index >= 15 is 0 Å². The third-order valence-corrected chi connectivity index (χ3v) is 3.34. The van der Waals surface area contributed by atoms with Crippen molar-refractivity contribution in [1.82, 2.24) is 0 Å². The standard InChI is InChI=1S/C9H12O3/c10-7-4-9(5-7,8(11)12)6-2-1-3-6/h6H,1-5H2,(H,11,12). The number of carboxylic acids is 1. The van der Waals surface area contributed by atoms with E-state index in [1.165, 1.54) is 0 Å². The summed E-state index contributed by atoms with van der Waals surface area (Å²) in [7, 11) is 0. The fourth-order valence-corrected chi connectivity index (χ4v) is 2.23. The first-order valence-corrected chi connectivity index (χ1v) is 4.40. The van der Waals surface area contributed by atoms with Crippen LogP contribution in [-0.4, -0.2) is 16.9 Å². The summed E-state index contributed by atoms with van der Waals surface area (Å²) in [6.07, 6.45) is 3.70. The Bertz CT molecular complexity index is 232. The first-order valence-electron chi connectivity index (χ1n) is 4.40. The zero-order valence-corrected chi connectivity index (χ0v) is 6.88. The first kappa shape index (κ1) is 7.77. The molecule has 0 spiro atoms. The Balaban J connectivity index is 2.12. The predicted molar refractivity (Wildman–Crippen MR) is 41.7 cm³/mol. The zero-order valence-electron chi connectivity index (χ0n) is 6.88. The Kier molecular flexibility index (Phi) is 1.50. The molecule has 0 heterocycles. The normalized spacial score (nSPS) is 27.5. The van der Waals surface area contributed by atoms with Crippen LogP contribution in [0.25, 0.3) is 0 Å². The summed E-state index contributed by atoms with van der Waals surface area (Å²) in [5.41, 5.74) is -0.644. The maximum Gasteiger partial charge on any atom is 0.310 e. The van der Waals surface area contributed by atoms with Crippen molar-refractivity contribution in [3.8, 4) is 0 Å². The van der Waals surface area contributed by atoms with Gasteiger partial charge in [-0.05, 0) is 18.8 Å². The number of hydrogen-bond donors (Lipinski definition) is 1. The summed E-state index contributed by atoms with van der Waals surface area (Å²) < 4.78 is 0. The van der Waals surface area contributed by atoms with E-state index in [0.29, 0.717) is 0 Å². The Morgan fingerprint density at radius 1 is 1.42 bits per heavy atom. The molecule has 2 aliphatic rings. The van der Waals surface area contributed by atoms with E-state index in [2.05, 4.69) is 0 Å². The average molecular weight is 168 g/mol. The Morgan fingerprint density at radius 3 is 2.25 bits per heavy atom. The van der Waals surface area contributed by atoms with Crippen LogP contribution in [-0.2, 0) is 9.59 Å². The third kappa shape index (κ3) is 0.822. The minimum Gasteiger partial charge on any atom is -0.481 e. The highest BCUT2D eigenvalue weighted by Crippen LogP contribution is 2.52. The molecular formula is C9H12O3. The van der Waals surface area contributed by atoms with Crippen LogP contribution in [0.15, 0.2) is 0 Å². The molecule has 0 aromatic rings. The lowest BCUT2D eigenvalue weighted by Crippen LogP contribution is -2.51. The fourth-order valence-electron chi connectivity index (χ4n) is 2.23. The Hall–Kier alpha value is -0.860. The van der Waals surface area contributed by atoms with Crippen LogP contribution in [0, 0.1) is 11.3 Å². The lowest BCUT2D eigenvalue weighted by Gasteiger charge is -2.46. The summed E-state index contributed by atoms with van der Waals surface area (Å²) in [6.45, 7) is 0. The van der Waals surface area contributed by atoms with Gasteiger partial charge >= 0.3 is 5.97 Å². The van der Waals surface area contributed by atoms with Gasteiger partial charge in [0, 0.05) is 12.8 Å². The summed E-state index contributed by atoms with van der Waals surface area (Å²) in [4.78, 5) is 21.7. The molecule has 0 unspecified atom stereocenters. The van der Waals surface area contributed by atoms with Gasteiger partial charge in [0.25, 0.3) is 0 Å². The van der Waals surface area contributed by atoms with Crippen molar-refractivity contribution in [3.05, 3.63) is 0 Å². The highest BCUT2D eigenvalue weighted by Gasteiger charge is 2.56. The Labute approximate surface area is 70.8 Å². The second-order valence-electron chi connectivity index (χ2n) is 3.98. The van der Waals surface area contributed by atoms with Gasteiger partial charge in [-0.2, -0.15) is 0 Å². The molecule has 0 bridgehead atoms. The van der Waals surface area contributed by atoms with Crippen molar-refractivity contribution < 1.29 is 14.7 Å². The van der Waals surface area contributed by atoms with E-state index in [1.807, 2.05) is 0 Å². The lowest BCUT2D eigenvalue weighted by molar-refractivity contribution is -0.169. The summed E-state index contributed by atoms with van der Waals surface area (Å²) in [6, 6.07) is 0. The van der Waals surface area contributed by atoms with Crippen LogP contribution in [0.3, 0.4) is 0 Å². The van der Waals surface area contributed by atoms with E-state index in [-0.39, 0.29) is 24.5 Å². The first-order chi connectivity index (χ1) is 5.65. The second kappa shape index (κ2) is 2.31. The number of Topliss-reactive ketones (excluding diaryl/α,β-unsaturated/α-hetero) is 1. The van der Waals surface area contributed by atoms with E-state index in [0.717, 1.165) is 19.3 Å². The van der Waals surface area contributed by atoms with Crippen molar-refractivity contribution in [2.24, 2.45) is 11.3 Å². The molecule has 12 heavy (non-hydrogen) atoms. The minimum atomic E-state index is -0.758. The van der Waals surface area contributed by atoms with Crippen LogP contribution < -0.4 is 0 Å². The number of carbonyl (C=O) groups excluding carboxylic acids is 1. The van der Waals surface area contributed by atoms with Gasteiger partial charge < -0.3 is 5.11 Å². The minimum absolute atomic E-state index is 0.115. The van der Waals surface area contributed by atoms with Crippen molar-refractivity contribution in [2.75, 3.05) is 0 Å². The summed E-state index contributed by atoms with van der Waals surface area (Å²) >= 11 is 0.